The topological polar surface area (TPSA) is 43.1 Å². The summed E-state index contributed by atoms with van der Waals surface area (Å²) in [7, 11) is 0. The second-order valence-corrected chi connectivity index (χ2v) is 4.87. The number of thioether (sulfide) groups is 1. The largest absolute Gasteiger partial charge is 0.321 e. The molecule has 1 rings (SSSR count). The quantitative estimate of drug-likeness (QED) is 0.742. The summed E-state index contributed by atoms with van der Waals surface area (Å²) in [5.74, 6) is 0.636. The number of unbranched alkanes of at least 4 members (excludes halogenated alkanes) is 1. The van der Waals surface area contributed by atoms with Gasteiger partial charge in [0.1, 0.15) is 0 Å². The average molecular weight is 237 g/mol. The Morgan fingerprint density at radius 3 is 2.69 bits per heavy atom. The number of ketones is 1. The van der Waals surface area contributed by atoms with Crippen LogP contribution in [0.5, 0.6) is 0 Å². The van der Waals surface area contributed by atoms with E-state index >= 15 is 0 Å². The van der Waals surface area contributed by atoms with Crippen molar-refractivity contribution >= 4 is 17.5 Å². The van der Waals surface area contributed by atoms with Crippen molar-refractivity contribution in [2.75, 3.05) is 5.75 Å². The minimum atomic E-state index is -0.281. The first-order valence-corrected chi connectivity index (χ1v) is 6.68. The molecule has 1 unspecified atom stereocenters. The van der Waals surface area contributed by atoms with Crippen LogP contribution in [0.2, 0.25) is 0 Å². The summed E-state index contributed by atoms with van der Waals surface area (Å²) in [4.78, 5) is 12.8. The van der Waals surface area contributed by atoms with Gasteiger partial charge in [-0.25, -0.2) is 0 Å². The van der Waals surface area contributed by atoms with Crippen LogP contribution in [0, 0.1) is 0 Å². The van der Waals surface area contributed by atoms with Crippen LogP contribution in [-0.4, -0.2) is 17.6 Å². The van der Waals surface area contributed by atoms with Gasteiger partial charge in [0.2, 0.25) is 0 Å². The van der Waals surface area contributed by atoms with Crippen molar-refractivity contribution in [3.8, 4) is 0 Å². The van der Waals surface area contributed by atoms with E-state index in [2.05, 4.69) is 6.92 Å². The van der Waals surface area contributed by atoms with Gasteiger partial charge in [-0.2, -0.15) is 0 Å². The fraction of sp³-hybridized carbons (Fsp3) is 0.462. The fourth-order valence-electron chi connectivity index (χ4n) is 1.36. The number of rotatable bonds is 7. The summed E-state index contributed by atoms with van der Waals surface area (Å²) in [6, 6.07) is 9.66. The Morgan fingerprint density at radius 2 is 2.06 bits per heavy atom. The minimum Gasteiger partial charge on any atom is -0.321 e. The third-order valence-electron chi connectivity index (χ3n) is 2.41. The van der Waals surface area contributed by atoms with Crippen molar-refractivity contribution in [3.63, 3.8) is 0 Å². The van der Waals surface area contributed by atoms with Crippen molar-refractivity contribution in [3.05, 3.63) is 30.3 Å². The molecular formula is C13H19NOS. The SMILES string of the molecule is CCCCC(N)C(=O)CSc1ccccc1. The summed E-state index contributed by atoms with van der Waals surface area (Å²) >= 11 is 1.56. The molecule has 0 heterocycles. The van der Waals surface area contributed by atoms with E-state index in [4.69, 9.17) is 5.73 Å². The molecule has 0 amide bonds. The van der Waals surface area contributed by atoms with Gasteiger partial charge in [-0.1, -0.05) is 38.0 Å². The Labute approximate surface area is 102 Å². The molecule has 0 bridgehead atoms. The number of carbonyl (C=O) groups excluding carboxylic acids is 1. The first kappa shape index (κ1) is 13.3. The molecule has 0 aliphatic rings. The Morgan fingerprint density at radius 1 is 1.38 bits per heavy atom. The average Bonchev–Trinajstić information content (AvgIpc) is 2.34. The van der Waals surface area contributed by atoms with Gasteiger partial charge in [0.25, 0.3) is 0 Å². The van der Waals surface area contributed by atoms with E-state index in [0.29, 0.717) is 5.75 Å². The zero-order valence-electron chi connectivity index (χ0n) is 9.69. The maximum Gasteiger partial charge on any atom is 0.159 e. The monoisotopic (exact) mass is 237 g/mol. The van der Waals surface area contributed by atoms with E-state index in [0.717, 1.165) is 24.2 Å². The summed E-state index contributed by atoms with van der Waals surface area (Å²) < 4.78 is 0. The lowest BCUT2D eigenvalue weighted by atomic mass is 10.1. The Bertz CT molecular complexity index is 313. The van der Waals surface area contributed by atoms with Crippen LogP contribution >= 0.6 is 11.8 Å². The summed E-state index contributed by atoms with van der Waals surface area (Å²) in [5, 5.41) is 0. The van der Waals surface area contributed by atoms with Crippen LogP contribution in [-0.2, 0) is 4.79 Å². The first-order valence-electron chi connectivity index (χ1n) is 5.70. The van der Waals surface area contributed by atoms with Gasteiger partial charge in [-0.15, -0.1) is 11.8 Å². The lowest BCUT2D eigenvalue weighted by Crippen LogP contribution is -2.31. The highest BCUT2D eigenvalue weighted by atomic mass is 32.2. The lowest BCUT2D eigenvalue weighted by molar-refractivity contribution is -0.117. The predicted octanol–water partition coefficient (Wildman–Crippen LogP) is 2.87. The molecule has 1 atom stereocenters. The highest BCUT2D eigenvalue weighted by Gasteiger charge is 2.12. The highest BCUT2D eigenvalue weighted by molar-refractivity contribution is 8.00. The molecular weight excluding hydrogens is 218 g/mol. The highest BCUT2D eigenvalue weighted by Crippen LogP contribution is 2.17. The van der Waals surface area contributed by atoms with E-state index in [1.807, 2.05) is 30.3 Å². The molecule has 0 spiro atoms. The lowest BCUT2D eigenvalue weighted by Gasteiger charge is -2.09. The van der Waals surface area contributed by atoms with Crippen LogP contribution in [0.1, 0.15) is 26.2 Å². The molecule has 0 aliphatic heterocycles. The second kappa shape index (κ2) is 7.47. The normalized spacial score (nSPS) is 12.4. The summed E-state index contributed by atoms with van der Waals surface area (Å²) in [5.41, 5.74) is 5.80. The Kier molecular flexibility index (Phi) is 6.19. The molecule has 16 heavy (non-hydrogen) atoms. The second-order valence-electron chi connectivity index (χ2n) is 3.82. The minimum absolute atomic E-state index is 0.155. The van der Waals surface area contributed by atoms with Crippen LogP contribution in [0.3, 0.4) is 0 Å². The van der Waals surface area contributed by atoms with Crippen LogP contribution in [0.4, 0.5) is 0 Å². The molecule has 0 radical (unpaired) electrons. The molecule has 3 heteroatoms. The molecule has 88 valence electrons. The molecule has 0 fully saturated rings. The third-order valence-corrected chi connectivity index (χ3v) is 3.44. The number of carbonyl (C=O) groups is 1. The predicted molar refractivity (Wildman–Crippen MR) is 69.7 cm³/mol. The van der Waals surface area contributed by atoms with Gasteiger partial charge in [-0.3, -0.25) is 4.79 Å². The van der Waals surface area contributed by atoms with Crippen LogP contribution < -0.4 is 5.73 Å². The number of Topliss-reactive ketones (excluding diaryl/α,β-unsaturated/α-hetero) is 1. The van der Waals surface area contributed by atoms with Crippen molar-refractivity contribution in [1.29, 1.82) is 0 Å². The fourth-order valence-corrected chi connectivity index (χ4v) is 2.24. The van der Waals surface area contributed by atoms with Gasteiger partial charge >= 0.3 is 0 Å². The molecule has 2 nitrogen and oxygen atoms in total. The van der Waals surface area contributed by atoms with Crippen molar-refractivity contribution in [2.45, 2.75) is 37.1 Å². The molecule has 0 saturated carbocycles. The summed E-state index contributed by atoms with van der Waals surface area (Å²) in [6.07, 6.45) is 2.93. The molecule has 0 aromatic heterocycles. The van der Waals surface area contributed by atoms with Gasteiger partial charge < -0.3 is 5.73 Å². The maximum atomic E-state index is 11.7. The van der Waals surface area contributed by atoms with E-state index in [1.54, 1.807) is 11.8 Å². The van der Waals surface area contributed by atoms with Gasteiger partial charge in [0.05, 0.1) is 11.8 Å². The number of hydrogen-bond donors (Lipinski definition) is 1. The van der Waals surface area contributed by atoms with Crippen LogP contribution in [0.15, 0.2) is 35.2 Å². The summed E-state index contributed by atoms with van der Waals surface area (Å²) in [6.45, 7) is 2.11. The number of hydrogen-bond acceptors (Lipinski definition) is 3. The number of nitrogens with two attached hydrogens (primary N) is 1. The van der Waals surface area contributed by atoms with E-state index < -0.39 is 0 Å². The van der Waals surface area contributed by atoms with Gasteiger partial charge in [0, 0.05) is 4.90 Å². The van der Waals surface area contributed by atoms with Crippen LogP contribution in [0.25, 0.3) is 0 Å². The van der Waals surface area contributed by atoms with Crippen molar-refractivity contribution in [2.24, 2.45) is 5.73 Å². The van der Waals surface area contributed by atoms with E-state index in [1.165, 1.54) is 0 Å². The van der Waals surface area contributed by atoms with E-state index in [9.17, 15) is 4.79 Å². The zero-order chi connectivity index (χ0) is 11.8. The van der Waals surface area contributed by atoms with Crippen molar-refractivity contribution < 1.29 is 4.79 Å². The van der Waals surface area contributed by atoms with E-state index in [-0.39, 0.29) is 11.8 Å². The zero-order valence-corrected chi connectivity index (χ0v) is 10.5. The Hall–Kier alpha value is -0.800. The maximum absolute atomic E-state index is 11.7. The standard InChI is InChI=1S/C13H19NOS/c1-2-3-9-12(14)13(15)10-16-11-7-5-4-6-8-11/h4-8,12H,2-3,9-10,14H2,1H3. The Balaban J connectivity index is 2.29. The van der Waals surface area contributed by atoms with Crippen molar-refractivity contribution in [1.82, 2.24) is 0 Å². The first-order chi connectivity index (χ1) is 7.74. The molecule has 2 N–H and O–H groups in total. The number of benzene rings is 1. The molecule has 1 aromatic rings. The smallest absolute Gasteiger partial charge is 0.159 e. The molecule has 1 aromatic carbocycles. The third kappa shape index (κ3) is 4.81. The molecule has 0 saturated heterocycles. The van der Waals surface area contributed by atoms with Gasteiger partial charge in [0.15, 0.2) is 5.78 Å². The molecule has 0 aliphatic carbocycles. The van der Waals surface area contributed by atoms with Gasteiger partial charge in [-0.05, 0) is 18.6 Å².